The lowest BCUT2D eigenvalue weighted by Gasteiger charge is -2.23. The molecule has 0 amide bonds. The van der Waals surface area contributed by atoms with Crippen LogP contribution in [-0.2, 0) is 11.3 Å². The molecule has 0 heterocycles. The van der Waals surface area contributed by atoms with Crippen LogP contribution >= 0.6 is 0 Å². The summed E-state index contributed by atoms with van der Waals surface area (Å²) >= 11 is 0. The lowest BCUT2D eigenvalue weighted by atomic mass is 9.85. The van der Waals surface area contributed by atoms with Crippen molar-refractivity contribution in [1.29, 1.82) is 0 Å². The van der Waals surface area contributed by atoms with Crippen molar-refractivity contribution in [2.75, 3.05) is 0 Å². The fourth-order valence-electron chi connectivity index (χ4n) is 2.32. The first-order valence-corrected chi connectivity index (χ1v) is 7.82. The number of carbonyl (C=O) groups is 1. The molecular weight excluding hydrogens is 270 g/mol. The van der Waals surface area contributed by atoms with Gasteiger partial charge in [0.2, 0.25) is 0 Å². The number of nitrogens with one attached hydrogen (secondary N) is 1. The number of hydrogen-bond donors (Lipinski definition) is 1. The van der Waals surface area contributed by atoms with Gasteiger partial charge in [-0.25, -0.2) is 0 Å². The zero-order chi connectivity index (χ0) is 16.0. The second-order valence-electron chi connectivity index (χ2n) is 6.71. The number of ketones is 1. The van der Waals surface area contributed by atoms with Crippen molar-refractivity contribution in [3.63, 3.8) is 0 Å². The van der Waals surface area contributed by atoms with E-state index in [9.17, 15) is 4.79 Å². The minimum Gasteiger partial charge on any atom is -0.305 e. The maximum Gasteiger partial charge on any atom is 0.140 e. The topological polar surface area (TPSA) is 29.1 Å². The number of benzene rings is 2. The first kappa shape index (κ1) is 16.4. The van der Waals surface area contributed by atoms with Crippen molar-refractivity contribution >= 4 is 5.78 Å². The number of rotatable bonds is 6. The highest BCUT2D eigenvalue weighted by Gasteiger charge is 2.25. The Labute approximate surface area is 133 Å². The fraction of sp³-hybridized carbons (Fsp3) is 0.350. The van der Waals surface area contributed by atoms with Gasteiger partial charge >= 0.3 is 0 Å². The monoisotopic (exact) mass is 295 g/mol. The minimum atomic E-state index is -0.304. The van der Waals surface area contributed by atoms with E-state index in [0.29, 0.717) is 6.42 Å². The molecule has 0 spiro atoms. The van der Waals surface area contributed by atoms with E-state index in [0.717, 1.165) is 12.1 Å². The van der Waals surface area contributed by atoms with Crippen molar-refractivity contribution in [3.05, 3.63) is 71.8 Å². The molecule has 0 aliphatic carbocycles. The van der Waals surface area contributed by atoms with Gasteiger partial charge < -0.3 is 5.32 Å². The van der Waals surface area contributed by atoms with Gasteiger partial charge in [-0.05, 0) is 11.1 Å². The quantitative estimate of drug-likeness (QED) is 0.848. The van der Waals surface area contributed by atoms with Gasteiger partial charge in [-0.15, -0.1) is 0 Å². The van der Waals surface area contributed by atoms with Crippen LogP contribution in [0.3, 0.4) is 0 Å². The average molecular weight is 295 g/mol. The number of carbonyl (C=O) groups excluding carboxylic acids is 1. The number of hydrogen-bond acceptors (Lipinski definition) is 2. The third-order valence-electron chi connectivity index (χ3n) is 3.82. The van der Waals surface area contributed by atoms with E-state index in [1.54, 1.807) is 0 Å². The smallest absolute Gasteiger partial charge is 0.140 e. The van der Waals surface area contributed by atoms with Crippen molar-refractivity contribution in [3.8, 4) is 0 Å². The molecule has 1 unspecified atom stereocenters. The third-order valence-corrected chi connectivity index (χ3v) is 3.82. The molecule has 116 valence electrons. The van der Waals surface area contributed by atoms with E-state index in [1.165, 1.54) is 5.56 Å². The van der Waals surface area contributed by atoms with Gasteiger partial charge in [0.05, 0.1) is 0 Å². The highest BCUT2D eigenvalue weighted by Crippen LogP contribution is 2.24. The first-order chi connectivity index (χ1) is 10.5. The molecule has 0 aliphatic heterocycles. The van der Waals surface area contributed by atoms with Crippen LogP contribution in [0.1, 0.15) is 44.4 Å². The van der Waals surface area contributed by atoms with Gasteiger partial charge in [-0.2, -0.15) is 0 Å². The molecular formula is C20H25NO. The summed E-state index contributed by atoms with van der Waals surface area (Å²) < 4.78 is 0. The zero-order valence-corrected chi connectivity index (χ0v) is 13.7. The van der Waals surface area contributed by atoms with Gasteiger partial charge in [0.15, 0.2) is 0 Å². The maximum atomic E-state index is 12.4. The molecule has 2 heteroatoms. The molecule has 1 atom stereocenters. The lowest BCUT2D eigenvalue weighted by Crippen LogP contribution is -2.28. The van der Waals surface area contributed by atoms with Crippen LogP contribution < -0.4 is 5.32 Å². The van der Waals surface area contributed by atoms with Crippen LogP contribution in [0.25, 0.3) is 0 Å². The largest absolute Gasteiger partial charge is 0.305 e. The van der Waals surface area contributed by atoms with Crippen LogP contribution in [0.4, 0.5) is 0 Å². The second kappa shape index (κ2) is 7.37. The van der Waals surface area contributed by atoms with Crippen molar-refractivity contribution in [2.45, 2.75) is 39.8 Å². The van der Waals surface area contributed by atoms with Crippen LogP contribution in [0, 0.1) is 5.41 Å². The van der Waals surface area contributed by atoms with Gasteiger partial charge in [0, 0.05) is 24.4 Å². The molecule has 0 saturated carbocycles. The minimum absolute atomic E-state index is 0.0492. The van der Waals surface area contributed by atoms with Crippen LogP contribution in [0.15, 0.2) is 60.7 Å². The summed E-state index contributed by atoms with van der Waals surface area (Å²) in [5.41, 5.74) is 2.09. The van der Waals surface area contributed by atoms with E-state index in [-0.39, 0.29) is 17.2 Å². The van der Waals surface area contributed by atoms with Gasteiger partial charge in [0.25, 0.3) is 0 Å². The highest BCUT2D eigenvalue weighted by molar-refractivity contribution is 5.84. The molecule has 0 aliphatic rings. The van der Waals surface area contributed by atoms with E-state index in [2.05, 4.69) is 29.6 Å². The molecule has 0 radical (unpaired) electrons. The molecule has 0 saturated heterocycles. The average Bonchev–Trinajstić information content (AvgIpc) is 2.52. The standard InChI is InChI=1S/C20H25NO/c1-20(2,3)19(22)14-18(17-12-8-5-9-13-17)21-15-16-10-6-4-7-11-16/h4-13,18,21H,14-15H2,1-3H3. The Balaban J connectivity index is 2.10. The Morgan fingerprint density at radius 3 is 2.05 bits per heavy atom. The summed E-state index contributed by atoms with van der Waals surface area (Å²) in [6.07, 6.45) is 0.514. The first-order valence-electron chi connectivity index (χ1n) is 7.82. The summed E-state index contributed by atoms with van der Waals surface area (Å²) in [4.78, 5) is 12.4. The van der Waals surface area contributed by atoms with Crippen LogP contribution in [0.5, 0.6) is 0 Å². The van der Waals surface area contributed by atoms with Gasteiger partial charge in [-0.1, -0.05) is 81.4 Å². The molecule has 2 aromatic rings. The fourth-order valence-corrected chi connectivity index (χ4v) is 2.32. The Hall–Kier alpha value is -1.93. The molecule has 22 heavy (non-hydrogen) atoms. The van der Waals surface area contributed by atoms with Crippen molar-refractivity contribution < 1.29 is 4.79 Å². The third kappa shape index (κ3) is 4.81. The van der Waals surface area contributed by atoms with Crippen molar-refractivity contribution in [2.24, 2.45) is 5.41 Å². The predicted molar refractivity (Wildman–Crippen MR) is 91.5 cm³/mol. The second-order valence-corrected chi connectivity index (χ2v) is 6.71. The Morgan fingerprint density at radius 1 is 0.955 bits per heavy atom. The van der Waals surface area contributed by atoms with E-state index in [1.807, 2.05) is 57.2 Å². The predicted octanol–water partition coefficient (Wildman–Crippen LogP) is 4.52. The molecule has 2 rings (SSSR count). The molecule has 0 bridgehead atoms. The van der Waals surface area contributed by atoms with E-state index >= 15 is 0 Å². The van der Waals surface area contributed by atoms with E-state index < -0.39 is 0 Å². The summed E-state index contributed by atoms with van der Waals surface area (Å²) in [6.45, 7) is 6.70. The van der Waals surface area contributed by atoms with Gasteiger partial charge in [-0.3, -0.25) is 4.79 Å². The Kier molecular flexibility index (Phi) is 5.51. The van der Waals surface area contributed by atoms with E-state index in [4.69, 9.17) is 0 Å². The summed E-state index contributed by atoms with van der Waals surface area (Å²) in [5.74, 6) is 0.280. The molecule has 0 fully saturated rings. The number of Topliss-reactive ketones (excluding diaryl/α,β-unsaturated/α-hetero) is 1. The summed E-state index contributed by atoms with van der Waals surface area (Å²) in [5, 5.41) is 3.53. The SMILES string of the molecule is CC(C)(C)C(=O)CC(NCc1ccccc1)c1ccccc1. The Morgan fingerprint density at radius 2 is 1.50 bits per heavy atom. The van der Waals surface area contributed by atoms with Crippen LogP contribution in [0.2, 0.25) is 0 Å². The van der Waals surface area contributed by atoms with Crippen LogP contribution in [-0.4, -0.2) is 5.78 Å². The normalized spacial score (nSPS) is 12.9. The molecule has 0 aromatic heterocycles. The molecule has 2 aromatic carbocycles. The summed E-state index contributed by atoms with van der Waals surface area (Å²) in [6, 6.07) is 20.5. The van der Waals surface area contributed by atoms with Gasteiger partial charge in [0.1, 0.15) is 5.78 Å². The van der Waals surface area contributed by atoms with Crippen molar-refractivity contribution in [1.82, 2.24) is 5.32 Å². The maximum absolute atomic E-state index is 12.4. The molecule has 2 nitrogen and oxygen atoms in total. The zero-order valence-electron chi connectivity index (χ0n) is 13.7. The highest BCUT2D eigenvalue weighted by atomic mass is 16.1. The lowest BCUT2D eigenvalue weighted by molar-refractivity contribution is -0.126. The summed E-state index contributed by atoms with van der Waals surface area (Å²) in [7, 11) is 0. The molecule has 1 N–H and O–H groups in total. The Bertz CT molecular complexity index is 584.